The highest BCUT2D eigenvalue weighted by Gasteiger charge is 2.10. The molecule has 0 spiro atoms. The molecule has 3 rings (SSSR count). The van der Waals surface area contributed by atoms with Gasteiger partial charge in [-0.15, -0.1) is 0 Å². The van der Waals surface area contributed by atoms with Gasteiger partial charge in [-0.2, -0.15) is 0 Å². The average Bonchev–Trinajstić information content (AvgIpc) is 2.82. The Labute approximate surface area is 137 Å². The fourth-order valence-corrected chi connectivity index (χ4v) is 2.49. The number of rotatable bonds is 3. The quantitative estimate of drug-likeness (QED) is 0.666. The van der Waals surface area contributed by atoms with Crippen molar-refractivity contribution >= 4 is 46.0 Å². The van der Waals surface area contributed by atoms with E-state index in [0.29, 0.717) is 27.0 Å². The van der Waals surface area contributed by atoms with Crippen molar-refractivity contribution in [3.63, 3.8) is 0 Å². The minimum atomic E-state index is 0.0325. The molecule has 3 aromatic rings. The van der Waals surface area contributed by atoms with E-state index in [1.165, 1.54) is 0 Å². The number of aromatic hydroxyl groups is 1. The highest BCUT2D eigenvalue weighted by atomic mass is 35.5. The third-order valence-corrected chi connectivity index (χ3v) is 3.82. The van der Waals surface area contributed by atoms with Crippen molar-refractivity contribution in [3.05, 3.63) is 52.0 Å². The Balaban J connectivity index is 2.08. The Kier molecular flexibility index (Phi) is 3.96. The topological polar surface area (TPSA) is 57.6 Å². The van der Waals surface area contributed by atoms with Gasteiger partial charge in [0.1, 0.15) is 5.75 Å². The first-order chi connectivity index (χ1) is 10.6. The largest absolute Gasteiger partial charge is 0.497 e. The lowest BCUT2D eigenvalue weighted by molar-refractivity contribution is 0.415. The standard InChI is InChI=1S/C16H12Cl2N2O2/c1-22-10-3-5-14-11(7-10)12(16(21)20-14)8-19-15-6-9(17)2-4-13(15)18/h2-8,20-21H,1H3. The van der Waals surface area contributed by atoms with Crippen LogP contribution in [-0.2, 0) is 0 Å². The van der Waals surface area contributed by atoms with E-state index in [-0.39, 0.29) is 5.88 Å². The molecule has 0 aliphatic rings. The number of ether oxygens (including phenoxy) is 1. The first kappa shape index (κ1) is 14.8. The van der Waals surface area contributed by atoms with Gasteiger partial charge >= 0.3 is 0 Å². The van der Waals surface area contributed by atoms with Crippen molar-refractivity contribution < 1.29 is 9.84 Å². The number of H-pyrrole nitrogens is 1. The Bertz CT molecular complexity index is 872. The van der Waals surface area contributed by atoms with Gasteiger partial charge < -0.3 is 14.8 Å². The van der Waals surface area contributed by atoms with E-state index in [2.05, 4.69) is 9.98 Å². The maximum Gasteiger partial charge on any atom is 0.198 e. The first-order valence-corrected chi connectivity index (χ1v) is 7.22. The van der Waals surface area contributed by atoms with Crippen molar-refractivity contribution in [2.24, 2.45) is 4.99 Å². The summed E-state index contributed by atoms with van der Waals surface area (Å²) in [6, 6.07) is 10.5. The van der Waals surface area contributed by atoms with Gasteiger partial charge in [0.15, 0.2) is 5.88 Å². The third-order valence-electron chi connectivity index (χ3n) is 3.27. The summed E-state index contributed by atoms with van der Waals surface area (Å²) in [5, 5.41) is 11.9. The molecule has 0 saturated carbocycles. The molecule has 1 heterocycles. The summed E-state index contributed by atoms with van der Waals surface area (Å²) >= 11 is 12.0. The molecule has 0 unspecified atom stereocenters. The van der Waals surface area contributed by atoms with Crippen LogP contribution in [0.4, 0.5) is 5.69 Å². The number of halogens is 2. The normalized spacial score (nSPS) is 11.4. The molecule has 1 aromatic heterocycles. The molecular formula is C16H12Cl2N2O2. The van der Waals surface area contributed by atoms with E-state index in [4.69, 9.17) is 27.9 Å². The molecule has 0 radical (unpaired) electrons. The molecule has 0 atom stereocenters. The molecule has 0 fully saturated rings. The zero-order valence-electron chi connectivity index (χ0n) is 11.6. The number of hydrogen-bond donors (Lipinski definition) is 2. The van der Waals surface area contributed by atoms with Gasteiger partial charge in [0.25, 0.3) is 0 Å². The highest BCUT2D eigenvalue weighted by Crippen LogP contribution is 2.31. The van der Waals surface area contributed by atoms with Crippen molar-refractivity contribution in [2.75, 3.05) is 7.11 Å². The average molecular weight is 335 g/mol. The van der Waals surface area contributed by atoms with Crippen molar-refractivity contribution in [1.29, 1.82) is 0 Å². The molecule has 2 aromatic carbocycles. The SMILES string of the molecule is COc1ccc2[nH]c(O)c(C=Nc3cc(Cl)ccc3Cl)c2c1. The van der Waals surface area contributed by atoms with Crippen LogP contribution in [0.15, 0.2) is 41.4 Å². The van der Waals surface area contributed by atoms with Gasteiger partial charge in [0.2, 0.25) is 0 Å². The van der Waals surface area contributed by atoms with Crippen LogP contribution in [0.2, 0.25) is 10.0 Å². The lowest BCUT2D eigenvalue weighted by Gasteiger charge is -2.00. The summed E-state index contributed by atoms with van der Waals surface area (Å²) < 4.78 is 5.21. The van der Waals surface area contributed by atoms with Crippen molar-refractivity contribution in [3.8, 4) is 11.6 Å². The van der Waals surface area contributed by atoms with Crippen LogP contribution in [0.25, 0.3) is 10.9 Å². The predicted octanol–water partition coefficient (Wildman–Crippen LogP) is 4.94. The number of methoxy groups -OCH3 is 1. The fourth-order valence-electron chi connectivity index (χ4n) is 2.15. The van der Waals surface area contributed by atoms with E-state index < -0.39 is 0 Å². The van der Waals surface area contributed by atoms with E-state index in [1.807, 2.05) is 18.2 Å². The number of nitrogens with one attached hydrogen (secondary N) is 1. The molecule has 0 bridgehead atoms. The third kappa shape index (κ3) is 2.75. The summed E-state index contributed by atoms with van der Waals surface area (Å²) in [4.78, 5) is 7.20. The highest BCUT2D eigenvalue weighted by molar-refractivity contribution is 6.35. The maximum absolute atomic E-state index is 10.1. The van der Waals surface area contributed by atoms with Gasteiger partial charge in [0.05, 0.1) is 23.4 Å². The van der Waals surface area contributed by atoms with Crippen LogP contribution in [0.3, 0.4) is 0 Å². The monoisotopic (exact) mass is 334 g/mol. The van der Waals surface area contributed by atoms with E-state index >= 15 is 0 Å². The first-order valence-electron chi connectivity index (χ1n) is 6.46. The molecule has 0 aliphatic carbocycles. The number of aliphatic imine (C=N–C) groups is 1. The summed E-state index contributed by atoms with van der Waals surface area (Å²) in [6.45, 7) is 0. The van der Waals surface area contributed by atoms with Crippen molar-refractivity contribution in [1.82, 2.24) is 4.98 Å². The number of nitrogens with zero attached hydrogens (tertiary/aromatic N) is 1. The van der Waals surface area contributed by atoms with E-state index in [9.17, 15) is 5.11 Å². The number of aromatic nitrogens is 1. The maximum atomic E-state index is 10.1. The molecule has 4 nitrogen and oxygen atoms in total. The van der Waals surface area contributed by atoms with E-state index in [0.717, 1.165) is 10.9 Å². The van der Waals surface area contributed by atoms with Gasteiger partial charge in [0, 0.05) is 22.1 Å². The van der Waals surface area contributed by atoms with Gasteiger partial charge in [-0.05, 0) is 36.4 Å². The molecule has 2 N–H and O–H groups in total. The van der Waals surface area contributed by atoms with Gasteiger partial charge in [-0.1, -0.05) is 23.2 Å². The summed E-state index contributed by atoms with van der Waals surface area (Å²) in [5.74, 6) is 0.729. The number of aromatic amines is 1. The minimum absolute atomic E-state index is 0.0325. The lowest BCUT2D eigenvalue weighted by atomic mass is 10.1. The molecule has 22 heavy (non-hydrogen) atoms. The van der Waals surface area contributed by atoms with Crippen molar-refractivity contribution in [2.45, 2.75) is 0 Å². The Morgan fingerprint density at radius 1 is 1.18 bits per heavy atom. The van der Waals surface area contributed by atoms with Crippen LogP contribution in [0, 0.1) is 0 Å². The molecule has 0 aliphatic heterocycles. The Morgan fingerprint density at radius 2 is 2.00 bits per heavy atom. The van der Waals surface area contributed by atoms with Crippen LogP contribution in [0.1, 0.15) is 5.56 Å². The fraction of sp³-hybridized carbons (Fsp3) is 0.0625. The second-order valence-electron chi connectivity index (χ2n) is 4.65. The second kappa shape index (κ2) is 5.91. The van der Waals surface area contributed by atoms with Crippen LogP contribution >= 0.6 is 23.2 Å². The van der Waals surface area contributed by atoms with E-state index in [1.54, 1.807) is 31.5 Å². The summed E-state index contributed by atoms with van der Waals surface area (Å²) in [6.07, 6.45) is 1.55. The summed E-state index contributed by atoms with van der Waals surface area (Å²) in [7, 11) is 1.59. The lowest BCUT2D eigenvalue weighted by Crippen LogP contribution is -1.83. The zero-order valence-corrected chi connectivity index (χ0v) is 13.1. The van der Waals surface area contributed by atoms with Crippen LogP contribution < -0.4 is 4.74 Å². The van der Waals surface area contributed by atoms with Crippen LogP contribution in [-0.4, -0.2) is 23.4 Å². The Hall–Kier alpha value is -2.17. The number of fused-ring (bicyclic) bond motifs is 1. The predicted molar refractivity (Wildman–Crippen MR) is 90.2 cm³/mol. The molecule has 112 valence electrons. The molecule has 0 saturated heterocycles. The number of hydrogen-bond acceptors (Lipinski definition) is 3. The molecule has 0 amide bonds. The van der Waals surface area contributed by atoms with Crippen LogP contribution in [0.5, 0.6) is 11.6 Å². The zero-order chi connectivity index (χ0) is 15.7. The van der Waals surface area contributed by atoms with Gasteiger partial charge in [-0.25, -0.2) is 0 Å². The second-order valence-corrected chi connectivity index (χ2v) is 5.50. The van der Waals surface area contributed by atoms with Gasteiger partial charge in [-0.3, -0.25) is 4.99 Å². The number of benzene rings is 2. The minimum Gasteiger partial charge on any atom is -0.497 e. The molecule has 6 heteroatoms. The Morgan fingerprint density at radius 3 is 2.77 bits per heavy atom. The smallest absolute Gasteiger partial charge is 0.198 e. The summed E-state index contributed by atoms with van der Waals surface area (Å²) in [5.41, 5.74) is 1.88. The molecular weight excluding hydrogens is 323 g/mol.